The van der Waals surface area contributed by atoms with Crippen LogP contribution < -0.4 is 15.5 Å². The first-order chi connectivity index (χ1) is 12.7. The van der Waals surface area contributed by atoms with E-state index in [1.54, 1.807) is 4.90 Å². The molecule has 0 bridgehead atoms. The molecule has 3 heterocycles. The zero-order chi connectivity index (χ0) is 19.7. The minimum atomic E-state index is -4.51. The van der Waals surface area contributed by atoms with E-state index in [1.165, 1.54) is 12.1 Å². The molecule has 2 fully saturated rings. The number of pyridine rings is 1. The number of halogens is 3. The smallest absolute Gasteiger partial charge is 0.433 e. The number of hydrogen-bond donors (Lipinski definition) is 3. The van der Waals surface area contributed by atoms with Crippen molar-refractivity contribution in [3.8, 4) is 0 Å². The Kier molecular flexibility index (Phi) is 5.27. The van der Waals surface area contributed by atoms with Gasteiger partial charge in [-0.25, -0.2) is 9.78 Å². The Morgan fingerprint density at radius 1 is 1.30 bits per heavy atom. The number of carboxylic acid groups (broad SMARTS) is 1. The Hall–Kier alpha value is -2.36. The van der Waals surface area contributed by atoms with Gasteiger partial charge < -0.3 is 20.6 Å². The molecule has 0 radical (unpaired) electrons. The lowest BCUT2D eigenvalue weighted by Crippen LogP contribution is -2.58. The van der Waals surface area contributed by atoms with Crippen LogP contribution in [0.5, 0.6) is 0 Å². The average Bonchev–Trinajstić information content (AvgIpc) is 3.09. The zero-order valence-corrected chi connectivity index (χ0v) is 14.6. The summed E-state index contributed by atoms with van der Waals surface area (Å²) in [4.78, 5) is 29.4. The second-order valence-corrected chi connectivity index (χ2v) is 6.94. The lowest BCUT2D eigenvalue weighted by atomic mass is 9.80. The number of nitrogens with one attached hydrogen (secondary N) is 2. The van der Waals surface area contributed by atoms with Gasteiger partial charge in [-0.05, 0) is 37.9 Å². The summed E-state index contributed by atoms with van der Waals surface area (Å²) in [5.41, 5.74) is -2.06. The topological polar surface area (TPSA) is 94.6 Å². The van der Waals surface area contributed by atoms with Crippen LogP contribution in [0.3, 0.4) is 0 Å². The number of piperidine rings is 1. The third-order valence-corrected chi connectivity index (χ3v) is 5.19. The molecular weight excluding hydrogens is 365 g/mol. The fourth-order valence-corrected chi connectivity index (χ4v) is 3.79. The highest BCUT2D eigenvalue weighted by Crippen LogP contribution is 2.31. The van der Waals surface area contributed by atoms with Gasteiger partial charge in [-0.15, -0.1) is 0 Å². The van der Waals surface area contributed by atoms with E-state index in [-0.39, 0.29) is 24.1 Å². The van der Waals surface area contributed by atoms with Crippen LogP contribution in [0.25, 0.3) is 0 Å². The third kappa shape index (κ3) is 4.15. The van der Waals surface area contributed by atoms with Crippen molar-refractivity contribution in [2.75, 3.05) is 31.1 Å². The maximum Gasteiger partial charge on any atom is 0.433 e. The van der Waals surface area contributed by atoms with E-state index < -0.39 is 23.5 Å². The Morgan fingerprint density at radius 3 is 2.56 bits per heavy atom. The second kappa shape index (κ2) is 7.34. The van der Waals surface area contributed by atoms with E-state index >= 15 is 0 Å². The van der Waals surface area contributed by atoms with Gasteiger partial charge in [0.2, 0.25) is 0 Å². The van der Waals surface area contributed by atoms with Crippen molar-refractivity contribution in [3.63, 3.8) is 0 Å². The quantitative estimate of drug-likeness (QED) is 0.732. The summed E-state index contributed by atoms with van der Waals surface area (Å²) in [5.74, 6) is -0.248. The van der Waals surface area contributed by atoms with Crippen LogP contribution in [0, 0.1) is 5.92 Å². The molecule has 148 valence electrons. The molecule has 27 heavy (non-hydrogen) atoms. The fraction of sp³-hybridized carbons (Fsp3) is 0.588. The van der Waals surface area contributed by atoms with Gasteiger partial charge in [0.15, 0.2) is 5.78 Å². The Morgan fingerprint density at radius 2 is 2.00 bits per heavy atom. The monoisotopic (exact) mass is 386 g/mol. The van der Waals surface area contributed by atoms with Gasteiger partial charge >= 0.3 is 12.3 Å². The molecule has 7 nitrogen and oxygen atoms in total. The minimum Gasteiger partial charge on any atom is -0.465 e. The molecule has 2 aliphatic rings. The third-order valence-electron chi connectivity index (χ3n) is 5.19. The normalized spacial score (nSPS) is 24.0. The molecule has 1 amide bonds. The van der Waals surface area contributed by atoms with Crippen LogP contribution in [0.2, 0.25) is 0 Å². The molecule has 0 aliphatic carbocycles. The number of hydrogen-bond acceptors (Lipinski definition) is 5. The van der Waals surface area contributed by atoms with E-state index in [0.717, 1.165) is 6.07 Å². The van der Waals surface area contributed by atoms with E-state index in [4.69, 9.17) is 5.11 Å². The van der Waals surface area contributed by atoms with Crippen LogP contribution in [0.1, 0.15) is 25.0 Å². The first-order valence-electron chi connectivity index (χ1n) is 8.77. The Labute approximate surface area is 153 Å². The molecule has 3 rings (SSSR count). The summed E-state index contributed by atoms with van der Waals surface area (Å²) in [5, 5.41) is 14.5. The Bertz CT molecular complexity index is 712. The van der Waals surface area contributed by atoms with E-state index in [1.807, 2.05) is 0 Å². The van der Waals surface area contributed by atoms with Crippen molar-refractivity contribution in [1.82, 2.24) is 15.6 Å². The van der Waals surface area contributed by atoms with Gasteiger partial charge in [0.25, 0.3) is 0 Å². The minimum absolute atomic E-state index is 0.147. The van der Waals surface area contributed by atoms with Crippen LogP contribution in [0.4, 0.5) is 23.8 Å². The average molecular weight is 386 g/mol. The summed E-state index contributed by atoms with van der Waals surface area (Å²) in [6.45, 7) is 1.59. The van der Waals surface area contributed by atoms with Crippen molar-refractivity contribution in [3.05, 3.63) is 23.9 Å². The van der Waals surface area contributed by atoms with E-state index in [0.29, 0.717) is 38.9 Å². The number of aromatic nitrogens is 1. The second-order valence-electron chi connectivity index (χ2n) is 6.94. The summed E-state index contributed by atoms with van der Waals surface area (Å²) < 4.78 is 38.5. The molecule has 2 aliphatic heterocycles. The predicted molar refractivity (Wildman–Crippen MR) is 90.6 cm³/mol. The van der Waals surface area contributed by atoms with Crippen LogP contribution in [-0.4, -0.2) is 53.7 Å². The maximum atomic E-state index is 12.9. The zero-order valence-electron chi connectivity index (χ0n) is 14.6. The predicted octanol–water partition coefficient (Wildman–Crippen LogP) is 1.89. The van der Waals surface area contributed by atoms with Gasteiger partial charge in [0.05, 0.1) is 0 Å². The number of carbonyl (C=O) groups is 2. The SMILES string of the molecule is O=C(O)N[C@@]1(C(=O)C2CCN(c3cccc(C(F)(F)F)n3)CC2)CCNC1. The molecule has 0 aromatic carbocycles. The van der Waals surface area contributed by atoms with Crippen molar-refractivity contribution in [1.29, 1.82) is 0 Å². The summed E-state index contributed by atoms with van der Waals surface area (Å²) in [7, 11) is 0. The first-order valence-corrected chi connectivity index (χ1v) is 8.77. The molecule has 0 unspecified atom stereocenters. The van der Waals surface area contributed by atoms with E-state index in [9.17, 15) is 22.8 Å². The van der Waals surface area contributed by atoms with Crippen LogP contribution >= 0.6 is 0 Å². The number of carbonyl (C=O) groups excluding carboxylic acids is 1. The number of nitrogens with zero attached hydrogens (tertiary/aromatic N) is 2. The highest BCUT2D eigenvalue weighted by Gasteiger charge is 2.46. The summed E-state index contributed by atoms with van der Waals surface area (Å²) >= 11 is 0. The maximum absolute atomic E-state index is 12.9. The van der Waals surface area contributed by atoms with Crippen LogP contribution in [0.15, 0.2) is 18.2 Å². The molecule has 1 aromatic rings. The standard InChI is InChI=1S/C17H21F3N4O3/c18-17(19,20)12-2-1-3-13(22-12)24-8-4-11(5-9-24)14(25)16(23-15(26)27)6-7-21-10-16/h1-3,11,21,23H,4-10H2,(H,26,27)/t16-/m0/s1. The van der Waals surface area contributed by atoms with Gasteiger partial charge in [0.1, 0.15) is 17.1 Å². The van der Waals surface area contributed by atoms with Crippen molar-refractivity contribution >= 4 is 17.7 Å². The summed E-state index contributed by atoms with van der Waals surface area (Å²) in [6, 6.07) is 3.76. The molecule has 0 spiro atoms. The largest absolute Gasteiger partial charge is 0.465 e. The van der Waals surface area contributed by atoms with Crippen molar-refractivity contribution in [2.45, 2.75) is 31.0 Å². The van der Waals surface area contributed by atoms with Crippen LogP contribution in [-0.2, 0) is 11.0 Å². The van der Waals surface area contributed by atoms with Gasteiger partial charge in [-0.1, -0.05) is 6.07 Å². The number of alkyl halides is 3. The number of anilines is 1. The number of amides is 1. The lowest BCUT2D eigenvalue weighted by Gasteiger charge is -2.36. The first kappa shape index (κ1) is 19.4. The fourth-order valence-electron chi connectivity index (χ4n) is 3.79. The van der Waals surface area contributed by atoms with Crippen molar-refractivity contribution < 1.29 is 27.9 Å². The molecular formula is C17H21F3N4O3. The highest BCUT2D eigenvalue weighted by molar-refractivity contribution is 5.94. The number of Topliss-reactive ketones (excluding diaryl/α,β-unsaturated/α-hetero) is 1. The molecule has 1 atom stereocenters. The van der Waals surface area contributed by atoms with E-state index in [2.05, 4.69) is 15.6 Å². The summed E-state index contributed by atoms with van der Waals surface area (Å²) in [6.07, 6.45) is -4.46. The lowest BCUT2D eigenvalue weighted by molar-refractivity contribution is -0.141. The van der Waals surface area contributed by atoms with Gasteiger partial charge in [-0.3, -0.25) is 4.79 Å². The molecule has 3 N–H and O–H groups in total. The molecule has 0 saturated carbocycles. The molecule has 2 saturated heterocycles. The van der Waals surface area contributed by atoms with Gasteiger partial charge in [0, 0.05) is 25.6 Å². The Balaban J connectivity index is 1.66. The number of ketones is 1. The highest BCUT2D eigenvalue weighted by atomic mass is 19.4. The van der Waals surface area contributed by atoms with Crippen molar-refractivity contribution in [2.24, 2.45) is 5.92 Å². The number of rotatable bonds is 4. The van der Waals surface area contributed by atoms with Gasteiger partial charge in [-0.2, -0.15) is 13.2 Å². The molecule has 10 heteroatoms. The molecule has 1 aromatic heterocycles.